The fourth-order valence-corrected chi connectivity index (χ4v) is 4.60. The quantitative estimate of drug-likeness (QED) is 0.322. The number of fused-ring (bicyclic) bond motifs is 2. The SMILES string of the molecule is Cc1[c-]c(-c2ccc3ccccc3n2)cc(C)c1.O=C1CCCC2CCCC(O)=C12.[Ir]. The fraction of sp³-hybridized carbons (Fsp3) is 0.333. The van der Waals surface area contributed by atoms with E-state index in [4.69, 9.17) is 4.98 Å². The zero-order chi connectivity index (χ0) is 21.1. The second kappa shape index (κ2) is 10.3. The van der Waals surface area contributed by atoms with Gasteiger partial charge in [0.15, 0.2) is 5.78 Å². The fourth-order valence-electron chi connectivity index (χ4n) is 4.60. The predicted octanol–water partition coefficient (Wildman–Crippen LogP) is 6.67. The van der Waals surface area contributed by atoms with Crippen LogP contribution in [-0.4, -0.2) is 15.9 Å². The van der Waals surface area contributed by atoms with Gasteiger partial charge in [0.2, 0.25) is 0 Å². The van der Waals surface area contributed by atoms with Crippen molar-refractivity contribution in [2.45, 2.75) is 52.4 Å². The Balaban J connectivity index is 0.000000183. The number of aliphatic hydroxyl groups excluding tert-OH is 1. The van der Waals surface area contributed by atoms with Gasteiger partial charge >= 0.3 is 0 Å². The molecule has 1 unspecified atom stereocenters. The van der Waals surface area contributed by atoms with E-state index in [0.717, 1.165) is 60.0 Å². The third-order valence-corrected chi connectivity index (χ3v) is 5.96. The molecule has 0 bridgehead atoms. The number of carbonyl (C=O) groups excluding carboxylic acids is 1. The van der Waals surface area contributed by atoms with Crippen LogP contribution < -0.4 is 0 Å². The van der Waals surface area contributed by atoms with E-state index in [1.165, 1.54) is 10.9 Å². The average molecular weight is 591 g/mol. The number of para-hydroxylation sites is 1. The van der Waals surface area contributed by atoms with Crippen LogP contribution in [0.4, 0.5) is 0 Å². The number of benzene rings is 2. The second-order valence-electron chi connectivity index (χ2n) is 8.41. The molecule has 5 rings (SSSR count). The maximum absolute atomic E-state index is 11.4. The van der Waals surface area contributed by atoms with E-state index in [0.29, 0.717) is 18.1 Å². The van der Waals surface area contributed by atoms with Gasteiger partial charge < -0.3 is 5.11 Å². The Hall–Kier alpha value is -2.29. The van der Waals surface area contributed by atoms with E-state index < -0.39 is 0 Å². The molecule has 0 spiro atoms. The molecule has 1 radical (unpaired) electrons. The molecule has 1 heterocycles. The minimum Gasteiger partial charge on any atom is -0.512 e. The summed E-state index contributed by atoms with van der Waals surface area (Å²) in [5, 5.41) is 10.7. The summed E-state index contributed by atoms with van der Waals surface area (Å²) >= 11 is 0. The summed E-state index contributed by atoms with van der Waals surface area (Å²) in [5.41, 5.74) is 6.25. The molecule has 163 valence electrons. The summed E-state index contributed by atoms with van der Waals surface area (Å²) in [7, 11) is 0. The van der Waals surface area contributed by atoms with Crippen LogP contribution in [0.1, 0.15) is 49.7 Å². The Bertz CT molecular complexity index is 1100. The summed E-state index contributed by atoms with van der Waals surface area (Å²) in [6, 6.07) is 20.0. The third-order valence-electron chi connectivity index (χ3n) is 5.96. The van der Waals surface area contributed by atoms with E-state index in [1.54, 1.807) is 0 Å². The number of nitrogens with zero attached hydrogens (tertiary/aromatic N) is 1. The monoisotopic (exact) mass is 591 g/mol. The van der Waals surface area contributed by atoms with Crippen molar-refractivity contribution in [3.05, 3.63) is 77.1 Å². The third kappa shape index (κ3) is 5.50. The molecule has 4 heteroatoms. The molecule has 0 aliphatic heterocycles. The van der Waals surface area contributed by atoms with Crippen molar-refractivity contribution >= 4 is 16.7 Å². The van der Waals surface area contributed by atoms with Crippen molar-refractivity contribution < 1.29 is 30.0 Å². The first-order valence-electron chi connectivity index (χ1n) is 10.8. The Morgan fingerprint density at radius 2 is 1.74 bits per heavy atom. The number of aryl methyl sites for hydroxylation is 2. The second-order valence-corrected chi connectivity index (χ2v) is 8.41. The maximum Gasteiger partial charge on any atom is 0.162 e. The van der Waals surface area contributed by atoms with Crippen LogP contribution in [0.15, 0.2) is 59.9 Å². The molecule has 2 aromatic carbocycles. The first kappa shape index (κ1) is 23.4. The number of aliphatic hydroxyl groups is 1. The zero-order valence-electron chi connectivity index (χ0n) is 18.1. The molecular weight excluding hydrogens is 563 g/mol. The molecule has 31 heavy (non-hydrogen) atoms. The smallest absolute Gasteiger partial charge is 0.162 e. The van der Waals surface area contributed by atoms with Crippen LogP contribution in [0.2, 0.25) is 0 Å². The first-order chi connectivity index (χ1) is 14.5. The van der Waals surface area contributed by atoms with Crippen molar-refractivity contribution in [3.8, 4) is 11.3 Å². The Morgan fingerprint density at radius 1 is 1.00 bits per heavy atom. The summed E-state index contributed by atoms with van der Waals surface area (Å²) < 4.78 is 0. The van der Waals surface area contributed by atoms with E-state index in [1.807, 2.05) is 18.2 Å². The molecule has 0 saturated heterocycles. The van der Waals surface area contributed by atoms with Crippen molar-refractivity contribution in [1.82, 2.24) is 4.98 Å². The molecule has 1 saturated carbocycles. The molecule has 3 aromatic rings. The van der Waals surface area contributed by atoms with Crippen molar-refractivity contribution in [3.63, 3.8) is 0 Å². The number of ketones is 1. The van der Waals surface area contributed by atoms with Gasteiger partial charge in [0.1, 0.15) is 0 Å². The van der Waals surface area contributed by atoms with Crippen molar-refractivity contribution in [2.75, 3.05) is 0 Å². The summed E-state index contributed by atoms with van der Waals surface area (Å²) in [4.78, 5) is 16.1. The Morgan fingerprint density at radius 3 is 2.48 bits per heavy atom. The van der Waals surface area contributed by atoms with Crippen LogP contribution in [-0.2, 0) is 24.9 Å². The van der Waals surface area contributed by atoms with E-state index in [9.17, 15) is 9.90 Å². The average Bonchev–Trinajstić information content (AvgIpc) is 2.73. The number of Topliss-reactive ketones (excluding diaryl/α,β-unsaturated/α-hetero) is 1. The van der Waals surface area contributed by atoms with Crippen molar-refractivity contribution in [1.29, 1.82) is 0 Å². The molecular formula is C27H28IrNO2-. The molecule has 1 aromatic heterocycles. The molecule has 1 atom stereocenters. The van der Waals surface area contributed by atoms with Gasteiger partial charge in [-0.05, 0) is 48.7 Å². The van der Waals surface area contributed by atoms with Crippen LogP contribution in [0.3, 0.4) is 0 Å². The number of aromatic nitrogens is 1. The van der Waals surface area contributed by atoms with Crippen LogP contribution in [0.25, 0.3) is 22.2 Å². The van der Waals surface area contributed by atoms with Gasteiger partial charge in [-0.2, -0.15) is 0 Å². The van der Waals surface area contributed by atoms with Gasteiger partial charge in [-0.15, -0.1) is 34.9 Å². The molecule has 3 nitrogen and oxygen atoms in total. The maximum atomic E-state index is 11.4. The van der Waals surface area contributed by atoms with E-state index >= 15 is 0 Å². The molecule has 2 aliphatic rings. The van der Waals surface area contributed by atoms with Gasteiger partial charge in [-0.25, -0.2) is 0 Å². The van der Waals surface area contributed by atoms with E-state index in [-0.39, 0.29) is 25.9 Å². The minimum atomic E-state index is 0. The van der Waals surface area contributed by atoms with Gasteiger partial charge in [0.05, 0.1) is 11.3 Å². The number of allylic oxidation sites excluding steroid dienone is 2. The normalized spacial score (nSPS) is 18.0. The van der Waals surface area contributed by atoms with Gasteiger partial charge in [-0.1, -0.05) is 44.2 Å². The predicted molar refractivity (Wildman–Crippen MR) is 121 cm³/mol. The summed E-state index contributed by atoms with van der Waals surface area (Å²) in [5.74, 6) is 0.972. The van der Waals surface area contributed by atoms with Gasteiger partial charge in [0.25, 0.3) is 0 Å². The Labute approximate surface area is 198 Å². The number of pyridine rings is 1. The summed E-state index contributed by atoms with van der Waals surface area (Å²) in [6.07, 6.45) is 5.64. The number of carbonyl (C=O) groups is 1. The van der Waals surface area contributed by atoms with Crippen LogP contribution >= 0.6 is 0 Å². The molecule has 1 fully saturated rings. The minimum absolute atomic E-state index is 0. The molecule has 0 amide bonds. The largest absolute Gasteiger partial charge is 0.512 e. The standard InChI is InChI=1S/C17H14N.C10H14O2.Ir/c1-12-9-13(2)11-15(10-12)17-8-7-14-5-3-4-6-16(14)18-17;11-8-5-1-3-7-4-2-6-9(12)10(7)8;/h3-10H,1-2H3;7,11H,1-6H2;/q-1;;. The van der Waals surface area contributed by atoms with Crippen LogP contribution in [0.5, 0.6) is 0 Å². The van der Waals surface area contributed by atoms with Gasteiger partial charge in [-0.3, -0.25) is 9.78 Å². The van der Waals surface area contributed by atoms with E-state index in [2.05, 4.69) is 50.2 Å². The number of rotatable bonds is 1. The van der Waals surface area contributed by atoms with Crippen LogP contribution in [0, 0.1) is 25.8 Å². The number of hydrogen-bond acceptors (Lipinski definition) is 3. The molecule has 1 N–H and O–H groups in total. The topological polar surface area (TPSA) is 50.2 Å². The van der Waals surface area contributed by atoms with Crippen molar-refractivity contribution in [2.24, 2.45) is 5.92 Å². The zero-order valence-corrected chi connectivity index (χ0v) is 20.5. The molecule has 2 aliphatic carbocycles. The van der Waals surface area contributed by atoms with Gasteiger partial charge in [0, 0.05) is 38.5 Å². The Kier molecular flexibility index (Phi) is 7.80. The summed E-state index contributed by atoms with van der Waals surface area (Å²) in [6.45, 7) is 4.17. The first-order valence-corrected chi connectivity index (χ1v) is 10.8. The number of hydrogen-bond donors (Lipinski definition) is 1.